The number of fused-ring (bicyclic) bond motifs is 2. The molecule has 0 saturated carbocycles. The minimum atomic E-state index is -0.408. The number of Topliss-reactive ketones (excluding diaryl/α,β-unsaturated/α-hetero) is 1. The monoisotopic (exact) mass is 1860 g/mol. The molecule has 0 fully saturated rings. The molecule has 0 spiro atoms. The van der Waals surface area contributed by atoms with Crippen LogP contribution in [0.4, 0.5) is 0 Å². The van der Waals surface area contributed by atoms with Crippen molar-refractivity contribution in [2.75, 3.05) is 78.2 Å². The molecular formula is C95H100I2O23. The summed E-state index contributed by atoms with van der Waals surface area (Å²) in [6.45, 7) is 21.0. The van der Waals surface area contributed by atoms with Crippen molar-refractivity contribution in [2.45, 2.75) is 89.4 Å². The fourth-order valence-electron chi connectivity index (χ4n) is 13.1. The fourth-order valence-corrected chi connectivity index (χ4v) is 13.1. The standard InChI is InChI=1S/C27H26O6.C27H28O6.C20H20O6.C12H16O4.C9H10O.I2/c1-16-17(2)26(31-5)27-24(25(16)30-4)20(28)14-22(33-27)19-11-12-21(23(13-19)29-3)32-15-18-9-7-6-8-10-18;1-17-18(2)27(32-5)25(29)24(26(17)31-4)21(28)13-11-19-12-14-22(23(15-19)30-3)33-16-20-9-7-6-8-10-20;1-10-11(2)19(25-5)20-17(18(10)24-4)14(22)9-15(26-20)12-6-7-13(21)16(8-12)23-3;1-6-7(2)12(16-5)10(14)9(8(3)13)11(6)15-4;1-7-3-4-9(6-10)5-8(7)2;1-2/h6-14H,15H2,1-5H3;6-15,29H,16H2,1-5H3;6-9,21H,1-5H3;14H,1-5H3;3-6H,1-2H3;/b;13-11+;;;;. The molecule has 0 unspecified atom stereocenters. The smallest absolute Gasteiger partial charge is 0.197 e. The first-order valence-corrected chi connectivity index (χ1v) is 43.5. The SMILES string of the molecule is COc1c(C)c(C)c(OC)c(C(C)=O)c1O.COc1cc(-c2cc(=O)c3c(OC)c(C)c(C)c(OC)c3o2)ccc1O.COc1cc(-c2cc(=O)c3c(OC)c(C)c(C)c(OC)c3o2)ccc1OCc1ccccc1.COc1cc(/C=C/C(=O)c2c(O)c(OC)c(C)c(C)c2OC)ccc1OCc1ccccc1.Cc1ccc(C=O)cc1C.II. The van der Waals surface area contributed by atoms with Crippen molar-refractivity contribution < 1.29 is 100 Å². The highest BCUT2D eigenvalue weighted by molar-refractivity contribution is 15.0. The normalized spacial score (nSPS) is 10.5. The van der Waals surface area contributed by atoms with Crippen molar-refractivity contribution >= 4 is 83.1 Å². The van der Waals surface area contributed by atoms with Gasteiger partial charge in [0.05, 0.1) is 78.2 Å². The molecule has 0 atom stereocenters. The van der Waals surface area contributed by atoms with E-state index < -0.39 is 5.78 Å². The Kier molecular flexibility index (Phi) is 35.1. The van der Waals surface area contributed by atoms with E-state index >= 15 is 0 Å². The van der Waals surface area contributed by atoms with Gasteiger partial charge in [-0.05, 0) is 187 Å². The second-order valence-corrected chi connectivity index (χ2v) is 27.0. The molecule has 12 rings (SSSR count). The molecular weight excluding hydrogens is 1760 g/mol. The number of allylic oxidation sites excluding steroid dienone is 1. The fraction of sp³-hybridized carbons (Fsp3) is 0.253. The second-order valence-electron chi connectivity index (χ2n) is 27.0. The van der Waals surface area contributed by atoms with Gasteiger partial charge >= 0.3 is 0 Å². The van der Waals surface area contributed by atoms with Crippen LogP contribution in [0.1, 0.15) is 110 Å². The van der Waals surface area contributed by atoms with Gasteiger partial charge in [-0.25, -0.2) is 0 Å². The molecule has 10 aromatic carbocycles. The van der Waals surface area contributed by atoms with E-state index in [-0.39, 0.29) is 56.5 Å². The molecule has 632 valence electrons. The Morgan fingerprint density at radius 3 is 1.15 bits per heavy atom. The molecule has 23 nitrogen and oxygen atoms in total. The number of ether oxygens (including phenoxy) is 13. The molecule has 25 heteroatoms. The number of carbonyl (C=O) groups excluding carboxylic acids is 3. The van der Waals surface area contributed by atoms with Crippen LogP contribution in [0.2, 0.25) is 0 Å². The van der Waals surface area contributed by atoms with Gasteiger partial charge in [0.25, 0.3) is 0 Å². The van der Waals surface area contributed by atoms with Crippen LogP contribution in [0.25, 0.3) is 50.7 Å². The van der Waals surface area contributed by atoms with E-state index in [1.807, 2.05) is 146 Å². The molecule has 0 aliphatic carbocycles. The van der Waals surface area contributed by atoms with Crippen molar-refractivity contribution in [1.29, 1.82) is 0 Å². The van der Waals surface area contributed by atoms with E-state index in [4.69, 9.17) is 70.4 Å². The summed E-state index contributed by atoms with van der Waals surface area (Å²) < 4.78 is 83.2. The first-order chi connectivity index (χ1) is 57.5. The average Bonchev–Trinajstić information content (AvgIpc) is 0.753. The molecule has 0 aliphatic heterocycles. The number of carbonyl (C=O) groups is 3. The Morgan fingerprint density at radius 2 is 0.742 bits per heavy atom. The predicted molar refractivity (Wildman–Crippen MR) is 484 cm³/mol. The molecule has 0 bridgehead atoms. The largest absolute Gasteiger partial charge is 0.504 e. The minimum Gasteiger partial charge on any atom is -0.504 e. The number of aryl methyl sites for hydroxylation is 2. The lowest BCUT2D eigenvalue weighted by Gasteiger charge is -2.17. The molecule has 0 saturated heterocycles. The molecule has 0 radical (unpaired) electrons. The van der Waals surface area contributed by atoms with Crippen LogP contribution in [0.5, 0.6) is 92.0 Å². The summed E-state index contributed by atoms with van der Waals surface area (Å²) in [5, 5.41) is 31.1. The van der Waals surface area contributed by atoms with Gasteiger partial charge in [0, 0.05) is 88.3 Å². The van der Waals surface area contributed by atoms with Crippen LogP contribution in [0, 0.1) is 69.2 Å². The number of methoxy groups -OCH3 is 11. The molecule has 2 heterocycles. The Balaban J connectivity index is 0.000000215. The molecule has 3 N–H and O–H groups in total. The number of hydrogen-bond donors (Lipinski definition) is 3. The lowest BCUT2D eigenvalue weighted by atomic mass is 9.98. The lowest BCUT2D eigenvalue weighted by Crippen LogP contribution is -2.07. The van der Waals surface area contributed by atoms with Gasteiger partial charge in [0.1, 0.15) is 75.9 Å². The summed E-state index contributed by atoms with van der Waals surface area (Å²) in [4.78, 5) is 60.7. The quantitative estimate of drug-likeness (QED) is 0.0219. The molecule has 0 aliphatic rings. The first-order valence-electron chi connectivity index (χ1n) is 37.2. The van der Waals surface area contributed by atoms with Crippen LogP contribution in [0.15, 0.2) is 170 Å². The number of aromatic hydroxyl groups is 3. The van der Waals surface area contributed by atoms with E-state index in [0.29, 0.717) is 127 Å². The highest BCUT2D eigenvalue weighted by Gasteiger charge is 2.28. The molecule has 0 amide bonds. The zero-order valence-corrected chi connectivity index (χ0v) is 75.6. The third-order valence-corrected chi connectivity index (χ3v) is 20.0. The summed E-state index contributed by atoms with van der Waals surface area (Å²) in [6, 6.07) is 43.8. The predicted octanol–water partition coefficient (Wildman–Crippen LogP) is 21.1. The number of halogens is 2. The van der Waals surface area contributed by atoms with E-state index in [0.717, 1.165) is 67.5 Å². The average molecular weight is 1860 g/mol. The third kappa shape index (κ3) is 21.7. The van der Waals surface area contributed by atoms with Crippen molar-refractivity contribution in [3.63, 3.8) is 0 Å². The maximum absolute atomic E-state index is 13.1. The van der Waals surface area contributed by atoms with Gasteiger partial charge in [-0.15, -0.1) is 0 Å². The van der Waals surface area contributed by atoms with Gasteiger partial charge in [0.15, 0.2) is 103 Å². The topological polar surface area (TPSA) is 292 Å². The minimum absolute atomic E-state index is 0.00473. The summed E-state index contributed by atoms with van der Waals surface area (Å²) in [5.41, 5.74) is 14.0. The zero-order valence-electron chi connectivity index (χ0n) is 71.3. The van der Waals surface area contributed by atoms with Crippen LogP contribution < -0.4 is 72.4 Å². The van der Waals surface area contributed by atoms with Crippen molar-refractivity contribution in [2.24, 2.45) is 0 Å². The number of phenols is 3. The van der Waals surface area contributed by atoms with Gasteiger partial charge in [-0.2, -0.15) is 0 Å². The number of rotatable bonds is 24. The highest BCUT2D eigenvalue weighted by Crippen LogP contribution is 2.47. The maximum Gasteiger partial charge on any atom is 0.197 e. The summed E-state index contributed by atoms with van der Waals surface area (Å²) in [6.07, 6.45) is 3.89. The van der Waals surface area contributed by atoms with Gasteiger partial charge in [0.2, 0.25) is 0 Å². The third-order valence-electron chi connectivity index (χ3n) is 20.0. The Hall–Kier alpha value is -12.4. The van der Waals surface area contributed by atoms with Crippen LogP contribution in [-0.2, 0) is 13.2 Å². The van der Waals surface area contributed by atoms with Crippen LogP contribution in [-0.4, -0.2) is 111 Å². The Bertz CT molecular complexity index is 5810. The Morgan fingerprint density at radius 1 is 0.375 bits per heavy atom. The van der Waals surface area contributed by atoms with Crippen molar-refractivity contribution in [3.05, 3.63) is 261 Å². The van der Waals surface area contributed by atoms with Crippen molar-refractivity contribution in [1.82, 2.24) is 0 Å². The Labute approximate surface area is 721 Å². The van der Waals surface area contributed by atoms with E-state index in [1.165, 1.54) is 92.1 Å². The second kappa shape index (κ2) is 44.4. The summed E-state index contributed by atoms with van der Waals surface area (Å²) in [5.74, 6) is 5.52. The number of phenolic OH excluding ortho intramolecular Hbond substituents is 3. The number of ketones is 2. The first kappa shape index (κ1) is 94.8. The van der Waals surface area contributed by atoms with E-state index in [1.54, 1.807) is 84.8 Å². The van der Waals surface area contributed by atoms with Crippen LogP contribution in [0.3, 0.4) is 0 Å². The summed E-state index contributed by atoms with van der Waals surface area (Å²) in [7, 11) is 16.6. The number of aldehydes is 1. The molecule has 2 aromatic heterocycles. The van der Waals surface area contributed by atoms with Crippen LogP contribution >= 0.6 is 37.2 Å². The van der Waals surface area contributed by atoms with Gasteiger partial charge < -0.3 is 85.7 Å². The van der Waals surface area contributed by atoms with E-state index in [2.05, 4.69) is 37.2 Å². The van der Waals surface area contributed by atoms with Gasteiger partial charge in [-0.1, -0.05) is 84.9 Å². The van der Waals surface area contributed by atoms with Crippen molar-refractivity contribution in [3.8, 4) is 115 Å². The molecule has 12 aromatic rings. The highest BCUT2D eigenvalue weighted by atomic mass is 128. The number of hydrogen-bond acceptors (Lipinski definition) is 23. The maximum atomic E-state index is 13.1. The summed E-state index contributed by atoms with van der Waals surface area (Å²) >= 11 is 4.24. The zero-order chi connectivity index (χ0) is 88.5. The lowest BCUT2D eigenvalue weighted by molar-refractivity contribution is 0.100. The van der Waals surface area contributed by atoms with E-state index in [9.17, 15) is 39.3 Å². The van der Waals surface area contributed by atoms with Gasteiger partial charge in [-0.3, -0.25) is 24.0 Å². The number of benzene rings is 10. The molecule has 120 heavy (non-hydrogen) atoms.